The lowest BCUT2D eigenvalue weighted by Crippen LogP contribution is -2.36. The number of ether oxygens (including phenoxy) is 1. The number of likely N-dealkylation sites (N-methyl/N-ethyl adjacent to an activating group) is 1. The molecule has 0 saturated carbocycles. The Labute approximate surface area is 120 Å². The Hall–Kier alpha value is -1.40. The zero-order valence-corrected chi connectivity index (χ0v) is 12.4. The van der Waals surface area contributed by atoms with Crippen molar-refractivity contribution in [3.63, 3.8) is 0 Å². The predicted octanol–water partition coefficient (Wildman–Crippen LogP) is 1.30. The predicted molar refractivity (Wildman–Crippen MR) is 73.7 cm³/mol. The van der Waals surface area contributed by atoms with Crippen LogP contribution in [0.15, 0.2) is 22.7 Å². The van der Waals surface area contributed by atoms with E-state index in [1.54, 1.807) is 7.11 Å². The fourth-order valence-corrected chi connectivity index (χ4v) is 2.44. The molecule has 0 radical (unpaired) electrons. The third kappa shape index (κ3) is 2.96. The largest absolute Gasteiger partial charge is 0.496 e. The van der Waals surface area contributed by atoms with Crippen LogP contribution in [0.4, 0.5) is 0 Å². The highest BCUT2D eigenvalue weighted by molar-refractivity contribution is 9.10. The van der Waals surface area contributed by atoms with Crippen molar-refractivity contribution in [2.45, 2.75) is 19.0 Å². The summed E-state index contributed by atoms with van der Waals surface area (Å²) in [7, 11) is 3.11. The number of carbonyl (C=O) groups excluding carboxylic acids is 2. The van der Waals surface area contributed by atoms with Crippen LogP contribution in [-0.4, -0.2) is 36.9 Å². The first-order valence-electron chi connectivity index (χ1n) is 5.89. The van der Waals surface area contributed by atoms with Gasteiger partial charge in [-0.3, -0.25) is 14.5 Å². The third-order valence-electron chi connectivity index (χ3n) is 3.16. The Morgan fingerprint density at radius 3 is 2.79 bits per heavy atom. The molecule has 1 aromatic carbocycles. The molecule has 1 atom stereocenters. The second-order valence-electron chi connectivity index (χ2n) is 4.38. The molecule has 0 aliphatic carbocycles. The summed E-state index contributed by atoms with van der Waals surface area (Å²) in [6.45, 7) is 0.472. The van der Waals surface area contributed by atoms with Crippen LogP contribution in [0.2, 0.25) is 0 Å². The summed E-state index contributed by atoms with van der Waals surface area (Å²) in [4.78, 5) is 24.3. The maximum Gasteiger partial charge on any atom is 0.246 e. The molecule has 1 aromatic rings. The monoisotopic (exact) mass is 326 g/mol. The number of rotatable bonds is 4. The van der Waals surface area contributed by atoms with Gasteiger partial charge >= 0.3 is 0 Å². The van der Waals surface area contributed by atoms with Crippen LogP contribution in [-0.2, 0) is 16.1 Å². The number of hydrogen-bond donors (Lipinski definition) is 1. The molecular weight excluding hydrogens is 312 g/mol. The molecule has 19 heavy (non-hydrogen) atoms. The Bertz CT molecular complexity index is 519. The van der Waals surface area contributed by atoms with E-state index in [2.05, 4.69) is 21.2 Å². The summed E-state index contributed by atoms with van der Waals surface area (Å²) >= 11 is 3.40. The van der Waals surface area contributed by atoms with Gasteiger partial charge in [0, 0.05) is 23.6 Å². The first-order valence-corrected chi connectivity index (χ1v) is 6.68. The number of amides is 2. The van der Waals surface area contributed by atoms with Gasteiger partial charge in [-0.1, -0.05) is 15.9 Å². The van der Waals surface area contributed by atoms with Crippen LogP contribution in [0.3, 0.4) is 0 Å². The lowest BCUT2D eigenvalue weighted by atomic mass is 10.1. The zero-order chi connectivity index (χ0) is 14.0. The molecule has 5 nitrogen and oxygen atoms in total. The highest BCUT2D eigenvalue weighted by Gasteiger charge is 2.35. The normalized spacial score (nSPS) is 19.1. The minimum Gasteiger partial charge on any atom is -0.496 e. The molecule has 1 heterocycles. The summed E-state index contributed by atoms with van der Waals surface area (Å²) in [6.07, 6.45) is 0.214. The number of nitrogens with zero attached hydrogens (tertiary/aromatic N) is 1. The van der Waals surface area contributed by atoms with Crippen molar-refractivity contribution in [2.24, 2.45) is 0 Å². The molecule has 1 fully saturated rings. The molecule has 1 saturated heterocycles. The summed E-state index contributed by atoms with van der Waals surface area (Å²) in [5, 5.41) is 3.10. The number of benzene rings is 1. The molecule has 1 aliphatic rings. The van der Waals surface area contributed by atoms with Crippen LogP contribution in [0, 0.1) is 0 Å². The summed E-state index contributed by atoms with van der Waals surface area (Å²) < 4.78 is 6.20. The van der Waals surface area contributed by atoms with Crippen LogP contribution < -0.4 is 10.1 Å². The maximum absolute atomic E-state index is 11.8. The number of nitrogens with one attached hydrogen (secondary N) is 1. The van der Waals surface area contributed by atoms with Gasteiger partial charge in [-0.2, -0.15) is 0 Å². The van der Waals surface area contributed by atoms with Gasteiger partial charge in [0.15, 0.2) is 0 Å². The van der Waals surface area contributed by atoms with E-state index in [0.29, 0.717) is 6.54 Å². The lowest BCUT2D eigenvalue weighted by molar-refractivity contribution is -0.137. The van der Waals surface area contributed by atoms with Crippen molar-refractivity contribution in [1.82, 2.24) is 10.2 Å². The molecule has 1 aliphatic heterocycles. The van der Waals surface area contributed by atoms with Crippen molar-refractivity contribution >= 4 is 27.7 Å². The first-order chi connectivity index (χ1) is 9.02. The van der Waals surface area contributed by atoms with Crippen LogP contribution in [0.5, 0.6) is 5.75 Å². The molecule has 0 spiro atoms. The number of methoxy groups -OCH3 is 1. The van der Waals surface area contributed by atoms with Crippen molar-refractivity contribution < 1.29 is 14.3 Å². The van der Waals surface area contributed by atoms with Crippen molar-refractivity contribution in [2.75, 3.05) is 14.2 Å². The fraction of sp³-hybridized carbons (Fsp3) is 0.385. The molecular formula is C13H15BrN2O3. The van der Waals surface area contributed by atoms with Gasteiger partial charge in [0.25, 0.3) is 0 Å². The fourth-order valence-electron chi connectivity index (χ4n) is 2.03. The molecule has 102 valence electrons. The molecule has 2 amide bonds. The third-order valence-corrected chi connectivity index (χ3v) is 3.66. The van der Waals surface area contributed by atoms with Gasteiger partial charge in [0.2, 0.25) is 11.8 Å². The standard InChI is InChI=1S/C13H15BrN2O3/c1-16-12(17)6-10(13(16)18)15-7-8-5-9(14)3-4-11(8)19-2/h3-5,10,15H,6-7H2,1-2H3. The Morgan fingerprint density at radius 2 is 2.21 bits per heavy atom. The van der Waals surface area contributed by atoms with Gasteiger partial charge in [0.05, 0.1) is 19.6 Å². The highest BCUT2D eigenvalue weighted by Crippen LogP contribution is 2.23. The van der Waals surface area contributed by atoms with Gasteiger partial charge in [0.1, 0.15) is 5.75 Å². The minimum atomic E-state index is -0.443. The first kappa shape index (κ1) is 14.0. The van der Waals surface area contributed by atoms with Gasteiger partial charge in [-0.05, 0) is 18.2 Å². The Kier molecular flexibility index (Phi) is 4.21. The van der Waals surface area contributed by atoms with Crippen LogP contribution in [0.1, 0.15) is 12.0 Å². The van der Waals surface area contributed by atoms with E-state index in [4.69, 9.17) is 4.74 Å². The summed E-state index contributed by atoms with van der Waals surface area (Å²) in [5.74, 6) is 0.420. The molecule has 6 heteroatoms. The van der Waals surface area contributed by atoms with Crippen molar-refractivity contribution in [3.8, 4) is 5.75 Å². The van der Waals surface area contributed by atoms with E-state index in [1.165, 1.54) is 7.05 Å². The summed E-state index contributed by atoms with van der Waals surface area (Å²) in [6, 6.07) is 5.23. The Balaban J connectivity index is 2.05. The topological polar surface area (TPSA) is 58.6 Å². The number of halogens is 1. The number of imide groups is 1. The van der Waals surface area contributed by atoms with Crippen LogP contribution in [0.25, 0.3) is 0 Å². The second kappa shape index (κ2) is 5.71. The van der Waals surface area contributed by atoms with E-state index in [-0.39, 0.29) is 18.2 Å². The number of carbonyl (C=O) groups is 2. The SMILES string of the molecule is COc1ccc(Br)cc1CNC1CC(=O)N(C)C1=O. The van der Waals surface area contributed by atoms with Crippen molar-refractivity contribution in [1.29, 1.82) is 0 Å². The molecule has 2 rings (SSSR count). The van der Waals surface area contributed by atoms with Gasteiger partial charge < -0.3 is 10.1 Å². The second-order valence-corrected chi connectivity index (χ2v) is 5.30. The molecule has 1 unspecified atom stereocenters. The maximum atomic E-state index is 11.8. The molecule has 0 bridgehead atoms. The average Bonchev–Trinajstić information content (AvgIpc) is 2.64. The quantitative estimate of drug-likeness (QED) is 0.847. The van der Waals surface area contributed by atoms with E-state index in [9.17, 15) is 9.59 Å². The summed E-state index contributed by atoms with van der Waals surface area (Å²) in [5.41, 5.74) is 0.937. The zero-order valence-electron chi connectivity index (χ0n) is 10.8. The molecule has 1 N–H and O–H groups in total. The van der Waals surface area contributed by atoms with E-state index in [0.717, 1.165) is 20.7 Å². The minimum absolute atomic E-state index is 0.149. The average molecular weight is 327 g/mol. The van der Waals surface area contributed by atoms with E-state index >= 15 is 0 Å². The Morgan fingerprint density at radius 1 is 1.47 bits per heavy atom. The van der Waals surface area contributed by atoms with E-state index < -0.39 is 6.04 Å². The number of hydrogen-bond acceptors (Lipinski definition) is 4. The van der Waals surface area contributed by atoms with Gasteiger partial charge in [-0.25, -0.2) is 0 Å². The van der Waals surface area contributed by atoms with E-state index in [1.807, 2.05) is 18.2 Å². The van der Waals surface area contributed by atoms with Gasteiger partial charge in [-0.15, -0.1) is 0 Å². The number of likely N-dealkylation sites (tertiary alicyclic amines) is 1. The lowest BCUT2D eigenvalue weighted by Gasteiger charge is -2.13. The molecule has 0 aromatic heterocycles. The van der Waals surface area contributed by atoms with Crippen molar-refractivity contribution in [3.05, 3.63) is 28.2 Å². The highest BCUT2D eigenvalue weighted by atomic mass is 79.9. The smallest absolute Gasteiger partial charge is 0.246 e. The van der Waals surface area contributed by atoms with Crippen LogP contribution >= 0.6 is 15.9 Å².